The molecule has 0 heterocycles. The Morgan fingerprint density at radius 2 is 1.68 bits per heavy atom. The van der Waals surface area contributed by atoms with Gasteiger partial charge in [0.05, 0.1) is 5.56 Å². The summed E-state index contributed by atoms with van der Waals surface area (Å²) in [6, 6.07) is 0. The van der Waals surface area contributed by atoms with Crippen molar-refractivity contribution in [3.63, 3.8) is 0 Å². The van der Waals surface area contributed by atoms with Gasteiger partial charge in [-0.3, -0.25) is 0 Å². The van der Waals surface area contributed by atoms with Crippen LogP contribution in [0.3, 0.4) is 0 Å². The summed E-state index contributed by atoms with van der Waals surface area (Å²) in [7, 11) is 0. The van der Waals surface area contributed by atoms with E-state index in [1.54, 1.807) is 0 Å². The van der Waals surface area contributed by atoms with Crippen molar-refractivity contribution >= 4 is 28.6 Å². The van der Waals surface area contributed by atoms with Crippen molar-refractivity contribution < 1.29 is 9.53 Å². The maximum absolute atomic E-state index is 12.3. The molecular formula is C16H19IO2. The van der Waals surface area contributed by atoms with Gasteiger partial charge in [-0.2, -0.15) is 0 Å². The first-order valence-corrected chi connectivity index (χ1v) is 7.17. The fourth-order valence-electron chi connectivity index (χ4n) is 2.04. The fraction of sp³-hybridized carbons (Fsp3) is 0.438. The number of benzene rings is 1. The van der Waals surface area contributed by atoms with E-state index in [0.717, 1.165) is 25.8 Å². The molecule has 0 bridgehead atoms. The van der Waals surface area contributed by atoms with Crippen molar-refractivity contribution in [2.45, 2.75) is 47.1 Å². The van der Waals surface area contributed by atoms with Crippen molar-refractivity contribution in [2.75, 3.05) is 0 Å². The number of rotatable bonds is 1. The van der Waals surface area contributed by atoms with E-state index in [-0.39, 0.29) is 5.97 Å². The molecule has 0 aliphatic heterocycles. The second-order valence-electron chi connectivity index (χ2n) is 5.59. The lowest BCUT2D eigenvalue weighted by Crippen LogP contribution is -2.25. The molecule has 2 nitrogen and oxygen atoms in total. The number of esters is 1. The standard InChI is InChI=1S/C16H19IO2/c1-8-12-9(2)13(11(4)14(17)10(12)3)15(18)19-16(5,6)7/h1H,2-7H3. The second kappa shape index (κ2) is 5.54. The molecule has 1 rings (SSSR count). The number of hydrogen-bond acceptors (Lipinski definition) is 2. The molecule has 3 heteroatoms. The molecule has 0 N–H and O–H groups in total. The van der Waals surface area contributed by atoms with Crippen molar-refractivity contribution in [2.24, 2.45) is 0 Å². The fourth-order valence-corrected chi connectivity index (χ4v) is 2.58. The van der Waals surface area contributed by atoms with Crippen molar-refractivity contribution in [3.8, 4) is 12.3 Å². The van der Waals surface area contributed by atoms with E-state index >= 15 is 0 Å². The lowest BCUT2D eigenvalue weighted by molar-refractivity contribution is 0.00678. The molecule has 0 aliphatic carbocycles. The average Bonchev–Trinajstić information content (AvgIpc) is 2.24. The molecule has 102 valence electrons. The van der Waals surface area contributed by atoms with Gasteiger partial charge in [0.15, 0.2) is 0 Å². The Morgan fingerprint density at radius 1 is 1.16 bits per heavy atom. The number of halogens is 1. The lowest BCUT2D eigenvalue weighted by atomic mass is 9.93. The van der Waals surface area contributed by atoms with Gasteiger partial charge >= 0.3 is 5.97 Å². The first-order chi connectivity index (χ1) is 8.60. The summed E-state index contributed by atoms with van der Waals surface area (Å²) in [6.45, 7) is 11.4. The third kappa shape index (κ3) is 3.30. The molecule has 0 fully saturated rings. The van der Waals surface area contributed by atoms with E-state index in [1.165, 1.54) is 0 Å². The van der Waals surface area contributed by atoms with E-state index < -0.39 is 5.60 Å². The van der Waals surface area contributed by atoms with Gasteiger partial charge in [-0.25, -0.2) is 4.79 Å². The van der Waals surface area contributed by atoms with Crippen molar-refractivity contribution in [1.82, 2.24) is 0 Å². The maximum atomic E-state index is 12.3. The molecule has 0 unspecified atom stereocenters. The number of carbonyl (C=O) groups is 1. The van der Waals surface area contributed by atoms with E-state index in [1.807, 2.05) is 41.5 Å². The van der Waals surface area contributed by atoms with Gasteiger partial charge in [0.2, 0.25) is 0 Å². The van der Waals surface area contributed by atoms with Crippen LogP contribution in [0.4, 0.5) is 0 Å². The third-order valence-electron chi connectivity index (χ3n) is 2.91. The van der Waals surface area contributed by atoms with Gasteiger partial charge in [-0.15, -0.1) is 6.42 Å². The highest BCUT2D eigenvalue weighted by Crippen LogP contribution is 2.29. The molecular weight excluding hydrogens is 351 g/mol. The summed E-state index contributed by atoms with van der Waals surface area (Å²) in [5.41, 5.74) is 3.68. The van der Waals surface area contributed by atoms with Crippen molar-refractivity contribution in [1.29, 1.82) is 0 Å². The molecule has 0 saturated heterocycles. The molecule has 1 aromatic rings. The Labute approximate surface area is 129 Å². The summed E-state index contributed by atoms with van der Waals surface area (Å²) in [4.78, 5) is 12.3. The number of terminal acetylenes is 1. The first kappa shape index (κ1) is 16.0. The Balaban J connectivity index is 3.49. The summed E-state index contributed by atoms with van der Waals surface area (Å²) in [6.07, 6.45) is 5.56. The van der Waals surface area contributed by atoms with E-state index in [4.69, 9.17) is 11.2 Å². The normalized spacial score (nSPS) is 11.1. The molecule has 0 aromatic heterocycles. The molecule has 0 radical (unpaired) electrons. The van der Waals surface area contributed by atoms with Crippen LogP contribution in [-0.4, -0.2) is 11.6 Å². The van der Waals surface area contributed by atoms with Gasteiger partial charge in [0.25, 0.3) is 0 Å². The van der Waals surface area contributed by atoms with Crippen LogP contribution in [0.2, 0.25) is 0 Å². The minimum Gasteiger partial charge on any atom is -0.456 e. The quantitative estimate of drug-likeness (QED) is 0.422. The maximum Gasteiger partial charge on any atom is 0.339 e. The summed E-state index contributed by atoms with van der Waals surface area (Å²) >= 11 is 2.23. The van der Waals surface area contributed by atoms with Crippen LogP contribution in [0, 0.1) is 36.7 Å². The van der Waals surface area contributed by atoms with Crippen LogP contribution in [0.1, 0.15) is 53.4 Å². The molecule has 0 amide bonds. The monoisotopic (exact) mass is 370 g/mol. The Hall–Kier alpha value is -1.02. The minimum absolute atomic E-state index is 0.308. The summed E-state index contributed by atoms with van der Waals surface area (Å²) in [5.74, 6) is 2.37. The second-order valence-corrected chi connectivity index (χ2v) is 6.66. The lowest BCUT2D eigenvalue weighted by Gasteiger charge is -2.22. The zero-order valence-corrected chi connectivity index (χ0v) is 14.4. The molecule has 0 aliphatic rings. The zero-order valence-electron chi connectivity index (χ0n) is 12.3. The predicted molar refractivity (Wildman–Crippen MR) is 86.5 cm³/mol. The highest BCUT2D eigenvalue weighted by Gasteiger charge is 2.24. The van der Waals surface area contributed by atoms with Gasteiger partial charge in [-0.05, 0) is 80.8 Å². The van der Waals surface area contributed by atoms with Crippen LogP contribution in [0.25, 0.3) is 0 Å². The van der Waals surface area contributed by atoms with Gasteiger partial charge < -0.3 is 4.74 Å². The van der Waals surface area contributed by atoms with Crippen LogP contribution in [0.15, 0.2) is 0 Å². The van der Waals surface area contributed by atoms with E-state index in [2.05, 4.69) is 28.5 Å². The zero-order chi connectivity index (χ0) is 15.0. The van der Waals surface area contributed by atoms with Crippen LogP contribution < -0.4 is 0 Å². The van der Waals surface area contributed by atoms with Gasteiger partial charge in [0.1, 0.15) is 5.60 Å². The number of hydrogen-bond donors (Lipinski definition) is 0. The molecule has 0 atom stereocenters. The smallest absolute Gasteiger partial charge is 0.339 e. The number of carbonyl (C=O) groups excluding carboxylic acids is 1. The largest absolute Gasteiger partial charge is 0.456 e. The Morgan fingerprint density at radius 3 is 2.11 bits per heavy atom. The molecule has 0 spiro atoms. The van der Waals surface area contributed by atoms with Crippen LogP contribution in [-0.2, 0) is 4.74 Å². The Bertz CT molecular complexity index is 572. The van der Waals surface area contributed by atoms with Crippen LogP contribution in [0.5, 0.6) is 0 Å². The summed E-state index contributed by atoms with van der Waals surface area (Å²) in [5, 5.41) is 0. The molecule has 19 heavy (non-hydrogen) atoms. The minimum atomic E-state index is -0.511. The topological polar surface area (TPSA) is 26.3 Å². The predicted octanol–water partition coefficient (Wildman–Crippen LogP) is 4.15. The summed E-state index contributed by atoms with van der Waals surface area (Å²) < 4.78 is 6.49. The van der Waals surface area contributed by atoms with Crippen molar-refractivity contribution in [3.05, 3.63) is 31.4 Å². The van der Waals surface area contributed by atoms with Gasteiger partial charge in [-0.1, -0.05) is 5.92 Å². The third-order valence-corrected chi connectivity index (χ3v) is 4.52. The first-order valence-electron chi connectivity index (χ1n) is 6.09. The van der Waals surface area contributed by atoms with Crippen LogP contribution >= 0.6 is 22.6 Å². The van der Waals surface area contributed by atoms with E-state index in [0.29, 0.717) is 5.56 Å². The molecule has 1 aromatic carbocycles. The highest BCUT2D eigenvalue weighted by atomic mass is 127. The van der Waals surface area contributed by atoms with E-state index in [9.17, 15) is 4.79 Å². The van der Waals surface area contributed by atoms with Gasteiger partial charge in [0, 0.05) is 9.13 Å². The molecule has 0 saturated carbocycles. The highest BCUT2D eigenvalue weighted by molar-refractivity contribution is 14.1. The SMILES string of the molecule is C#Cc1c(C)c(I)c(C)c(C(=O)OC(C)(C)C)c1C. The Kier molecular flexibility index (Phi) is 4.67. The number of ether oxygens (including phenoxy) is 1. The average molecular weight is 370 g/mol.